The fourth-order valence-corrected chi connectivity index (χ4v) is 7.77. The van der Waals surface area contributed by atoms with Crippen LogP contribution in [0.15, 0.2) is 200 Å². The summed E-state index contributed by atoms with van der Waals surface area (Å²) in [4.78, 5) is 15.0. The molecule has 7 heteroatoms. The van der Waals surface area contributed by atoms with Crippen LogP contribution in [0.4, 0.5) is 13.2 Å². The van der Waals surface area contributed by atoms with E-state index >= 15 is 0 Å². The van der Waals surface area contributed by atoms with Crippen LogP contribution >= 0.6 is 0 Å². The molecule has 59 heavy (non-hydrogen) atoms. The summed E-state index contributed by atoms with van der Waals surface area (Å²) in [5, 5.41) is 2.09. The first-order valence-corrected chi connectivity index (χ1v) is 19.3. The van der Waals surface area contributed by atoms with Gasteiger partial charge in [0.2, 0.25) is 0 Å². The van der Waals surface area contributed by atoms with Crippen LogP contribution in [0.2, 0.25) is 0 Å². The summed E-state index contributed by atoms with van der Waals surface area (Å²) in [6.07, 6.45) is -4.47. The van der Waals surface area contributed by atoms with Crippen LogP contribution in [-0.4, -0.2) is 19.5 Å². The molecule has 0 N–H and O–H groups in total. The van der Waals surface area contributed by atoms with Crippen molar-refractivity contribution in [3.8, 4) is 73.2 Å². The van der Waals surface area contributed by atoms with E-state index in [-0.39, 0.29) is 0 Å². The van der Waals surface area contributed by atoms with E-state index in [0.717, 1.165) is 84.1 Å². The minimum absolute atomic E-state index is 0.466. The first kappa shape index (κ1) is 35.8. The summed E-state index contributed by atoms with van der Waals surface area (Å²) in [6.45, 7) is 0. The maximum Gasteiger partial charge on any atom is 0.416 e. The monoisotopic (exact) mass is 770 g/mol. The van der Waals surface area contributed by atoms with Crippen molar-refractivity contribution in [3.63, 3.8) is 0 Å². The average molecular weight is 771 g/mol. The van der Waals surface area contributed by atoms with E-state index in [9.17, 15) is 13.2 Å². The second kappa shape index (κ2) is 14.7. The van der Waals surface area contributed by atoms with Gasteiger partial charge in [0.05, 0.1) is 22.3 Å². The Morgan fingerprint density at radius 3 is 1.17 bits per heavy atom. The van der Waals surface area contributed by atoms with Gasteiger partial charge in [0.15, 0.2) is 17.5 Å². The molecule has 0 atom stereocenters. The lowest BCUT2D eigenvalue weighted by Gasteiger charge is -2.17. The summed E-state index contributed by atoms with van der Waals surface area (Å²) in [5.41, 5.74) is 9.97. The number of benzene rings is 8. The highest BCUT2D eigenvalue weighted by molar-refractivity contribution is 6.11. The Hall–Kier alpha value is -7.64. The van der Waals surface area contributed by atoms with Gasteiger partial charge in [-0.05, 0) is 58.1 Å². The summed E-state index contributed by atoms with van der Waals surface area (Å²) in [5.74, 6) is 1.52. The molecule has 0 saturated heterocycles. The third-order valence-corrected chi connectivity index (χ3v) is 10.7. The smallest absolute Gasteiger partial charge is 0.309 e. The van der Waals surface area contributed by atoms with Crippen LogP contribution < -0.4 is 0 Å². The predicted molar refractivity (Wildman–Crippen MR) is 232 cm³/mol. The van der Waals surface area contributed by atoms with Crippen molar-refractivity contribution in [2.75, 3.05) is 0 Å². The van der Waals surface area contributed by atoms with Crippen molar-refractivity contribution in [1.82, 2.24) is 19.5 Å². The van der Waals surface area contributed by atoms with Crippen molar-refractivity contribution in [1.29, 1.82) is 0 Å². The Labute approximate surface area is 338 Å². The number of fused-ring (bicyclic) bond motifs is 3. The molecular weight excluding hydrogens is 738 g/mol. The summed E-state index contributed by atoms with van der Waals surface area (Å²) >= 11 is 0. The highest BCUT2D eigenvalue weighted by Gasteiger charge is 2.30. The Morgan fingerprint density at radius 2 is 0.729 bits per heavy atom. The molecule has 0 aliphatic rings. The summed E-state index contributed by atoms with van der Waals surface area (Å²) in [7, 11) is 0. The first-order chi connectivity index (χ1) is 28.9. The van der Waals surface area contributed by atoms with Gasteiger partial charge in [-0.3, -0.25) is 0 Å². The lowest BCUT2D eigenvalue weighted by Crippen LogP contribution is -2.04. The van der Waals surface area contributed by atoms with Crippen LogP contribution in [0.5, 0.6) is 0 Å². The quantitative estimate of drug-likeness (QED) is 0.162. The number of rotatable bonds is 7. The number of hydrogen-bond acceptors (Lipinski definition) is 3. The fraction of sp³-hybridized carbons (Fsp3) is 0.0192. The lowest BCUT2D eigenvalue weighted by molar-refractivity contribution is -0.137. The predicted octanol–water partition coefficient (Wildman–Crippen LogP) is 14.0. The molecule has 0 spiro atoms. The SMILES string of the molecule is FC(F)(F)c1ccc(-c2ccc(-c3nc(-c4ccccc4)nc(-c4ccccc4)n3)cc2-n2c3cc(-c4ccccc4)ccc3c3ccc(-c4ccccc4)cc32)cc1. The normalized spacial score (nSPS) is 11.6. The molecular formula is C52H33F3N4. The van der Waals surface area contributed by atoms with E-state index in [1.807, 2.05) is 109 Å². The molecule has 10 aromatic rings. The van der Waals surface area contributed by atoms with Crippen LogP contribution in [0.25, 0.3) is 95.0 Å². The van der Waals surface area contributed by atoms with Crippen molar-refractivity contribution in [2.24, 2.45) is 0 Å². The third-order valence-electron chi connectivity index (χ3n) is 10.7. The van der Waals surface area contributed by atoms with Gasteiger partial charge in [-0.2, -0.15) is 13.2 Å². The van der Waals surface area contributed by atoms with Crippen LogP contribution in [-0.2, 0) is 6.18 Å². The average Bonchev–Trinajstić information content (AvgIpc) is 3.62. The van der Waals surface area contributed by atoms with Gasteiger partial charge in [0.25, 0.3) is 0 Å². The summed E-state index contributed by atoms with van der Waals surface area (Å²) in [6, 6.07) is 64.4. The number of hydrogen-bond donors (Lipinski definition) is 0. The largest absolute Gasteiger partial charge is 0.416 e. The van der Waals surface area contributed by atoms with Crippen LogP contribution in [0.3, 0.4) is 0 Å². The summed E-state index contributed by atoms with van der Waals surface area (Å²) < 4.78 is 43.8. The molecule has 0 aliphatic heterocycles. The number of alkyl halides is 3. The highest BCUT2D eigenvalue weighted by atomic mass is 19.4. The van der Waals surface area contributed by atoms with Gasteiger partial charge in [-0.1, -0.05) is 170 Å². The van der Waals surface area contributed by atoms with E-state index in [1.165, 1.54) is 0 Å². The van der Waals surface area contributed by atoms with Crippen LogP contribution in [0, 0.1) is 0 Å². The van der Waals surface area contributed by atoms with Gasteiger partial charge >= 0.3 is 6.18 Å². The minimum Gasteiger partial charge on any atom is -0.309 e. The van der Waals surface area contributed by atoms with E-state index < -0.39 is 11.7 Å². The third kappa shape index (κ3) is 6.83. The number of nitrogens with zero attached hydrogens (tertiary/aromatic N) is 4. The standard InChI is InChI=1S/C52H33F3N4/c53-52(54,55)42-26-21-36(22-27-42)43-28-25-41(51-57-49(37-17-9-3-10-18-37)56-50(58-51)38-19-11-4-12-20-38)33-46(43)59-47-31-39(34-13-5-1-6-14-34)23-29-44(47)45-30-24-40(32-48(45)59)35-15-7-2-8-16-35/h1-33H. The van der Waals surface area contributed by atoms with E-state index in [2.05, 4.69) is 71.3 Å². The molecule has 0 saturated carbocycles. The van der Waals surface area contributed by atoms with Crippen molar-refractivity contribution in [3.05, 3.63) is 206 Å². The van der Waals surface area contributed by atoms with Crippen molar-refractivity contribution >= 4 is 21.8 Å². The van der Waals surface area contributed by atoms with E-state index in [0.29, 0.717) is 23.0 Å². The molecule has 10 rings (SSSR count). The maximum atomic E-state index is 13.9. The highest BCUT2D eigenvalue weighted by Crippen LogP contribution is 2.41. The topological polar surface area (TPSA) is 43.6 Å². The molecule has 0 aliphatic carbocycles. The Bertz CT molecular complexity index is 2950. The first-order valence-electron chi connectivity index (χ1n) is 19.3. The number of halogens is 3. The van der Waals surface area contributed by atoms with E-state index in [1.54, 1.807) is 12.1 Å². The molecule has 0 radical (unpaired) electrons. The van der Waals surface area contributed by atoms with Gasteiger partial charge in [0, 0.05) is 33.0 Å². The van der Waals surface area contributed by atoms with Gasteiger partial charge in [-0.15, -0.1) is 0 Å². The fourth-order valence-electron chi connectivity index (χ4n) is 7.77. The zero-order valence-corrected chi connectivity index (χ0v) is 31.5. The molecule has 2 aromatic heterocycles. The Balaban J connectivity index is 1.28. The minimum atomic E-state index is -4.47. The molecule has 0 amide bonds. The molecule has 4 nitrogen and oxygen atoms in total. The van der Waals surface area contributed by atoms with Gasteiger partial charge < -0.3 is 4.57 Å². The van der Waals surface area contributed by atoms with Gasteiger partial charge in [-0.25, -0.2) is 15.0 Å². The van der Waals surface area contributed by atoms with Crippen molar-refractivity contribution in [2.45, 2.75) is 6.18 Å². The second-order valence-electron chi connectivity index (χ2n) is 14.4. The molecule has 0 fully saturated rings. The van der Waals surface area contributed by atoms with Gasteiger partial charge in [0.1, 0.15) is 0 Å². The Morgan fingerprint density at radius 1 is 0.339 bits per heavy atom. The zero-order valence-electron chi connectivity index (χ0n) is 31.5. The maximum absolute atomic E-state index is 13.9. The lowest BCUT2D eigenvalue weighted by atomic mass is 9.99. The molecule has 0 unspecified atom stereocenters. The van der Waals surface area contributed by atoms with Crippen LogP contribution in [0.1, 0.15) is 5.56 Å². The second-order valence-corrected chi connectivity index (χ2v) is 14.4. The van der Waals surface area contributed by atoms with Crippen molar-refractivity contribution < 1.29 is 13.2 Å². The molecule has 282 valence electrons. The number of aromatic nitrogens is 4. The molecule has 0 bridgehead atoms. The molecule has 2 heterocycles. The Kier molecular flexibility index (Phi) is 8.91. The van der Waals surface area contributed by atoms with E-state index in [4.69, 9.17) is 15.0 Å². The molecule has 8 aromatic carbocycles. The zero-order chi connectivity index (χ0) is 39.9.